The van der Waals surface area contributed by atoms with Gasteiger partial charge < -0.3 is 25.6 Å². The van der Waals surface area contributed by atoms with Crippen molar-refractivity contribution in [2.24, 2.45) is 0 Å². The van der Waals surface area contributed by atoms with E-state index in [9.17, 15) is 9.90 Å². The van der Waals surface area contributed by atoms with Crippen molar-refractivity contribution in [3.8, 4) is 5.75 Å². The number of carbonyl (C=O) groups is 1. The van der Waals surface area contributed by atoms with Crippen molar-refractivity contribution < 1.29 is 19.7 Å². The molecule has 25 heavy (non-hydrogen) atoms. The van der Waals surface area contributed by atoms with Gasteiger partial charge in [-0.05, 0) is 24.1 Å². The number of carboxylic acid groups (broad SMARTS) is 1. The van der Waals surface area contributed by atoms with Crippen LogP contribution in [-0.2, 0) is 6.42 Å². The molecule has 0 aromatic heterocycles. The zero-order valence-electron chi connectivity index (χ0n) is 14.0. The average molecular weight is 344 g/mol. The Morgan fingerprint density at radius 1 is 1.04 bits per heavy atom. The van der Waals surface area contributed by atoms with Crippen molar-refractivity contribution in [1.29, 1.82) is 0 Å². The zero-order valence-corrected chi connectivity index (χ0v) is 14.0. The van der Waals surface area contributed by atoms with Gasteiger partial charge in [-0.3, -0.25) is 0 Å². The van der Waals surface area contributed by atoms with E-state index in [-0.39, 0.29) is 6.54 Å². The number of hydrogen-bond donors (Lipinski definition) is 4. The summed E-state index contributed by atoms with van der Waals surface area (Å²) in [5.74, 6) is 0.791. The summed E-state index contributed by atoms with van der Waals surface area (Å²) in [7, 11) is 0. The van der Waals surface area contributed by atoms with Gasteiger partial charge in [-0.25, -0.2) is 4.79 Å². The largest absolute Gasteiger partial charge is 0.492 e. The van der Waals surface area contributed by atoms with Gasteiger partial charge in [-0.15, -0.1) is 0 Å². The molecule has 1 amide bonds. The van der Waals surface area contributed by atoms with Crippen LogP contribution < -0.4 is 15.4 Å². The second-order valence-electron chi connectivity index (χ2n) is 5.68. The average Bonchev–Trinajstić information content (AvgIpc) is 2.62. The molecule has 2 unspecified atom stereocenters. The van der Waals surface area contributed by atoms with Crippen LogP contribution in [0.3, 0.4) is 0 Å². The third-order valence-corrected chi connectivity index (χ3v) is 3.72. The predicted molar refractivity (Wildman–Crippen MR) is 95.9 cm³/mol. The van der Waals surface area contributed by atoms with Gasteiger partial charge in [0.25, 0.3) is 0 Å². The van der Waals surface area contributed by atoms with Crippen molar-refractivity contribution in [1.82, 2.24) is 10.6 Å². The fourth-order valence-electron chi connectivity index (χ4n) is 2.46. The Hall–Kier alpha value is -2.57. The van der Waals surface area contributed by atoms with Gasteiger partial charge in [0.05, 0.1) is 12.1 Å². The third-order valence-electron chi connectivity index (χ3n) is 3.72. The first-order valence-electron chi connectivity index (χ1n) is 8.25. The summed E-state index contributed by atoms with van der Waals surface area (Å²) in [6.45, 7) is 1.29. The zero-order chi connectivity index (χ0) is 17.9. The fourth-order valence-corrected chi connectivity index (χ4v) is 2.46. The van der Waals surface area contributed by atoms with Gasteiger partial charge in [0, 0.05) is 13.1 Å². The summed E-state index contributed by atoms with van der Waals surface area (Å²) in [5.41, 5.74) is 0.965. The molecule has 0 aliphatic carbocycles. The topological polar surface area (TPSA) is 90.8 Å². The number of para-hydroxylation sites is 1. The Balaban J connectivity index is 1.74. The van der Waals surface area contributed by atoms with Gasteiger partial charge in [-0.1, -0.05) is 48.5 Å². The van der Waals surface area contributed by atoms with E-state index in [1.54, 1.807) is 0 Å². The molecule has 2 aromatic rings. The summed E-state index contributed by atoms with van der Waals surface area (Å²) in [6.07, 6.45) is -1.56. The predicted octanol–water partition coefficient (Wildman–Crippen LogP) is 1.89. The third kappa shape index (κ3) is 7.24. The molecule has 6 nitrogen and oxygen atoms in total. The van der Waals surface area contributed by atoms with Crippen LogP contribution in [0.2, 0.25) is 0 Å². The minimum atomic E-state index is -1.15. The van der Waals surface area contributed by atoms with Crippen LogP contribution in [0.4, 0.5) is 4.79 Å². The van der Waals surface area contributed by atoms with Crippen molar-refractivity contribution in [3.63, 3.8) is 0 Å². The molecule has 0 saturated heterocycles. The Morgan fingerprint density at radius 3 is 2.32 bits per heavy atom. The molecule has 0 spiro atoms. The molecule has 0 aliphatic heterocycles. The maximum Gasteiger partial charge on any atom is 0.404 e. The van der Waals surface area contributed by atoms with Gasteiger partial charge in [0.1, 0.15) is 12.4 Å². The number of aliphatic hydroxyl groups excluding tert-OH is 1. The van der Waals surface area contributed by atoms with Gasteiger partial charge in [-0.2, -0.15) is 0 Å². The molecule has 2 atom stereocenters. The van der Waals surface area contributed by atoms with E-state index in [2.05, 4.69) is 10.6 Å². The van der Waals surface area contributed by atoms with Crippen LogP contribution in [0, 0.1) is 0 Å². The summed E-state index contributed by atoms with van der Waals surface area (Å²) in [4.78, 5) is 11.0. The second kappa shape index (κ2) is 10.3. The van der Waals surface area contributed by atoms with Gasteiger partial charge >= 0.3 is 6.09 Å². The highest BCUT2D eigenvalue weighted by atomic mass is 16.5. The summed E-state index contributed by atoms with van der Waals surface area (Å²) in [6, 6.07) is 18.4. The molecule has 2 rings (SSSR count). The molecular weight excluding hydrogens is 320 g/mol. The number of aliphatic hydroxyl groups is 1. The standard InChI is InChI=1S/C19H24N2O4/c22-18(14-20-11-12-25-16-9-5-2-6-10-16)17(21-19(23)24)13-15-7-3-1-4-8-15/h1-10,17-18,20-22H,11-14H2,(H,23,24). The minimum absolute atomic E-state index is 0.274. The monoisotopic (exact) mass is 344 g/mol. The Bertz CT molecular complexity index is 622. The first kappa shape index (κ1) is 18.8. The van der Waals surface area contributed by atoms with E-state index in [4.69, 9.17) is 9.84 Å². The summed E-state index contributed by atoms with van der Waals surface area (Å²) >= 11 is 0. The molecule has 0 fully saturated rings. The van der Waals surface area contributed by atoms with E-state index < -0.39 is 18.2 Å². The van der Waals surface area contributed by atoms with E-state index in [1.165, 1.54) is 0 Å². The molecular formula is C19H24N2O4. The van der Waals surface area contributed by atoms with Crippen molar-refractivity contribution in [2.45, 2.75) is 18.6 Å². The Labute approximate surface area is 147 Å². The quantitative estimate of drug-likeness (QED) is 0.494. The molecule has 0 heterocycles. The van der Waals surface area contributed by atoms with Gasteiger partial charge in [0.15, 0.2) is 0 Å². The van der Waals surface area contributed by atoms with Crippen molar-refractivity contribution in [2.75, 3.05) is 19.7 Å². The minimum Gasteiger partial charge on any atom is -0.492 e. The van der Waals surface area contributed by atoms with Crippen LogP contribution >= 0.6 is 0 Å². The lowest BCUT2D eigenvalue weighted by Crippen LogP contribution is -2.48. The molecule has 0 radical (unpaired) electrons. The number of ether oxygens (including phenoxy) is 1. The SMILES string of the molecule is O=C(O)NC(Cc1ccccc1)C(O)CNCCOc1ccccc1. The van der Waals surface area contributed by atoms with Crippen LogP contribution in [0.1, 0.15) is 5.56 Å². The van der Waals surface area contributed by atoms with Crippen molar-refractivity contribution in [3.05, 3.63) is 66.2 Å². The highest BCUT2D eigenvalue weighted by Gasteiger charge is 2.21. The molecule has 0 aliphatic rings. The lowest BCUT2D eigenvalue weighted by molar-refractivity contribution is 0.117. The maximum atomic E-state index is 11.0. The van der Waals surface area contributed by atoms with E-state index in [0.29, 0.717) is 19.6 Å². The van der Waals surface area contributed by atoms with E-state index >= 15 is 0 Å². The van der Waals surface area contributed by atoms with Crippen LogP contribution in [0.15, 0.2) is 60.7 Å². The number of nitrogens with one attached hydrogen (secondary N) is 2. The fraction of sp³-hybridized carbons (Fsp3) is 0.316. The number of amides is 1. The lowest BCUT2D eigenvalue weighted by atomic mass is 10.0. The molecule has 2 aromatic carbocycles. The van der Waals surface area contributed by atoms with Crippen LogP contribution in [0.5, 0.6) is 5.75 Å². The number of hydrogen-bond acceptors (Lipinski definition) is 4. The Kier molecular flexibility index (Phi) is 7.75. The lowest BCUT2D eigenvalue weighted by Gasteiger charge is -2.23. The molecule has 134 valence electrons. The Morgan fingerprint density at radius 2 is 1.68 bits per heavy atom. The van der Waals surface area contributed by atoms with Crippen LogP contribution in [-0.4, -0.2) is 48.1 Å². The smallest absolute Gasteiger partial charge is 0.404 e. The maximum absolute atomic E-state index is 11.0. The van der Waals surface area contributed by atoms with E-state index in [1.807, 2.05) is 60.7 Å². The number of benzene rings is 2. The molecule has 0 saturated carbocycles. The van der Waals surface area contributed by atoms with Crippen LogP contribution in [0.25, 0.3) is 0 Å². The summed E-state index contributed by atoms with van der Waals surface area (Å²) in [5, 5.41) is 24.8. The molecule has 4 N–H and O–H groups in total. The second-order valence-corrected chi connectivity index (χ2v) is 5.68. The highest BCUT2D eigenvalue weighted by Crippen LogP contribution is 2.08. The van der Waals surface area contributed by atoms with Gasteiger partial charge in [0.2, 0.25) is 0 Å². The molecule has 0 bridgehead atoms. The highest BCUT2D eigenvalue weighted by molar-refractivity contribution is 5.65. The first-order valence-corrected chi connectivity index (χ1v) is 8.25. The summed E-state index contributed by atoms with van der Waals surface area (Å²) < 4.78 is 5.55. The first-order chi connectivity index (χ1) is 12.1. The molecule has 6 heteroatoms. The normalized spacial score (nSPS) is 13.0. The van der Waals surface area contributed by atoms with E-state index in [0.717, 1.165) is 11.3 Å². The van der Waals surface area contributed by atoms with Crippen molar-refractivity contribution >= 4 is 6.09 Å². The number of rotatable bonds is 10.